The van der Waals surface area contributed by atoms with Crippen LogP contribution in [0.1, 0.15) is 12.8 Å². The summed E-state index contributed by atoms with van der Waals surface area (Å²) in [7, 11) is 0. The Morgan fingerprint density at radius 3 is 2.50 bits per heavy atom. The summed E-state index contributed by atoms with van der Waals surface area (Å²) in [5, 5.41) is 9.03. The van der Waals surface area contributed by atoms with Gasteiger partial charge >= 0.3 is 0 Å². The molecule has 0 saturated carbocycles. The molecule has 32 heavy (non-hydrogen) atoms. The van der Waals surface area contributed by atoms with E-state index in [-0.39, 0.29) is 11.5 Å². The number of aromatic nitrogens is 3. The standard InChI is InChI=1S/C26H25N5O/c27-18-20-8-11-29(12-9-20)14-15-30-13-10-22(17-26(30)32)21-6-7-25-24(16-21)28-19-31(25)23-4-2-1-3-5-23/h1-7,10,13,16-17,19-20H,8-9,11-12,14-15H2. The Hall–Kier alpha value is -3.69. The number of fused-ring (bicyclic) bond motifs is 1. The van der Waals surface area contributed by atoms with Gasteiger partial charge in [0.05, 0.1) is 17.1 Å². The molecule has 2 aromatic heterocycles. The molecule has 0 N–H and O–H groups in total. The highest BCUT2D eigenvalue weighted by molar-refractivity contribution is 5.83. The van der Waals surface area contributed by atoms with Gasteiger partial charge in [-0.2, -0.15) is 5.26 Å². The smallest absolute Gasteiger partial charge is 0.251 e. The van der Waals surface area contributed by atoms with Crippen LogP contribution in [0, 0.1) is 17.2 Å². The molecule has 4 aromatic rings. The molecule has 3 heterocycles. The molecule has 160 valence electrons. The fourth-order valence-corrected chi connectivity index (χ4v) is 4.39. The number of piperidine rings is 1. The fraction of sp³-hybridized carbons (Fsp3) is 0.269. The second kappa shape index (κ2) is 8.81. The van der Waals surface area contributed by atoms with Gasteiger partial charge in [0, 0.05) is 37.0 Å². The van der Waals surface area contributed by atoms with Crippen molar-refractivity contribution in [3.05, 3.63) is 83.5 Å². The van der Waals surface area contributed by atoms with Gasteiger partial charge < -0.3 is 9.47 Å². The third-order valence-electron chi connectivity index (χ3n) is 6.34. The van der Waals surface area contributed by atoms with E-state index in [1.165, 1.54) is 0 Å². The van der Waals surface area contributed by atoms with E-state index in [4.69, 9.17) is 5.26 Å². The number of pyridine rings is 1. The van der Waals surface area contributed by atoms with Crippen LogP contribution in [0.5, 0.6) is 0 Å². The van der Waals surface area contributed by atoms with E-state index in [2.05, 4.69) is 38.7 Å². The third kappa shape index (κ3) is 4.08. The molecule has 0 atom stereocenters. The van der Waals surface area contributed by atoms with Crippen LogP contribution >= 0.6 is 0 Å². The minimum absolute atomic E-state index is 0.00400. The van der Waals surface area contributed by atoms with Gasteiger partial charge in [-0.3, -0.25) is 9.36 Å². The lowest BCUT2D eigenvalue weighted by molar-refractivity contribution is 0.198. The van der Waals surface area contributed by atoms with Gasteiger partial charge in [0.15, 0.2) is 0 Å². The molecule has 0 bridgehead atoms. The first-order valence-corrected chi connectivity index (χ1v) is 11.1. The van der Waals surface area contributed by atoms with Crippen LogP contribution in [-0.4, -0.2) is 38.7 Å². The van der Waals surface area contributed by atoms with Crippen molar-refractivity contribution < 1.29 is 0 Å². The second-order valence-electron chi connectivity index (χ2n) is 8.35. The van der Waals surface area contributed by atoms with E-state index in [1.54, 1.807) is 10.6 Å². The van der Waals surface area contributed by atoms with Crippen molar-refractivity contribution in [2.75, 3.05) is 19.6 Å². The molecule has 2 aromatic carbocycles. The van der Waals surface area contributed by atoms with Crippen molar-refractivity contribution in [3.8, 4) is 22.9 Å². The lowest BCUT2D eigenvalue weighted by atomic mass is 9.99. The van der Waals surface area contributed by atoms with Crippen molar-refractivity contribution in [2.45, 2.75) is 19.4 Å². The lowest BCUT2D eigenvalue weighted by Gasteiger charge is -2.29. The van der Waals surface area contributed by atoms with Crippen molar-refractivity contribution >= 4 is 11.0 Å². The van der Waals surface area contributed by atoms with Crippen molar-refractivity contribution in [1.82, 2.24) is 19.0 Å². The molecule has 1 saturated heterocycles. The first kappa shape index (κ1) is 20.2. The number of nitriles is 1. The minimum Gasteiger partial charge on any atom is -0.314 e. The molecule has 5 rings (SSSR count). The van der Waals surface area contributed by atoms with Crippen molar-refractivity contribution in [2.24, 2.45) is 5.92 Å². The number of nitrogens with zero attached hydrogens (tertiary/aromatic N) is 5. The summed E-state index contributed by atoms with van der Waals surface area (Å²) < 4.78 is 3.83. The SMILES string of the molecule is N#CC1CCN(CCn2ccc(-c3ccc4c(c3)ncn4-c3ccccc3)cc2=O)CC1. The van der Waals surface area contributed by atoms with Crippen LogP contribution in [0.25, 0.3) is 27.8 Å². The van der Waals surface area contributed by atoms with E-state index >= 15 is 0 Å². The van der Waals surface area contributed by atoms with E-state index < -0.39 is 0 Å². The Bertz CT molecular complexity index is 1320. The van der Waals surface area contributed by atoms with Gasteiger partial charge in [0.2, 0.25) is 0 Å². The molecular weight excluding hydrogens is 398 g/mol. The van der Waals surface area contributed by atoms with Crippen LogP contribution < -0.4 is 5.56 Å². The van der Waals surface area contributed by atoms with E-state index in [9.17, 15) is 4.79 Å². The van der Waals surface area contributed by atoms with Gasteiger partial charge in [0.25, 0.3) is 5.56 Å². The predicted octanol–water partition coefficient (Wildman–Crippen LogP) is 4.09. The first-order valence-electron chi connectivity index (χ1n) is 11.1. The summed E-state index contributed by atoms with van der Waals surface area (Å²) in [5.74, 6) is 0.185. The molecule has 0 spiro atoms. The zero-order chi connectivity index (χ0) is 21.9. The van der Waals surface area contributed by atoms with Gasteiger partial charge in [-0.15, -0.1) is 0 Å². The monoisotopic (exact) mass is 423 g/mol. The predicted molar refractivity (Wildman–Crippen MR) is 126 cm³/mol. The summed E-state index contributed by atoms with van der Waals surface area (Å²) in [6.45, 7) is 3.36. The topological polar surface area (TPSA) is 66.8 Å². The largest absolute Gasteiger partial charge is 0.314 e. The number of likely N-dealkylation sites (tertiary alicyclic amines) is 1. The average molecular weight is 424 g/mol. The van der Waals surface area contributed by atoms with Gasteiger partial charge in [-0.05, 0) is 67.4 Å². The van der Waals surface area contributed by atoms with Crippen molar-refractivity contribution in [3.63, 3.8) is 0 Å². The molecule has 0 aliphatic carbocycles. The summed E-state index contributed by atoms with van der Waals surface area (Å²) >= 11 is 0. The summed E-state index contributed by atoms with van der Waals surface area (Å²) in [6.07, 6.45) is 5.56. The molecule has 1 aliphatic heterocycles. The van der Waals surface area contributed by atoms with Crippen LogP contribution in [0.15, 0.2) is 78.0 Å². The molecule has 1 aliphatic rings. The maximum absolute atomic E-state index is 12.7. The Kier molecular flexibility index (Phi) is 5.57. The van der Waals surface area contributed by atoms with Gasteiger partial charge in [-0.1, -0.05) is 24.3 Å². The van der Waals surface area contributed by atoms with E-state index in [1.807, 2.05) is 48.9 Å². The maximum atomic E-state index is 12.7. The molecule has 0 radical (unpaired) electrons. The Morgan fingerprint density at radius 2 is 1.75 bits per heavy atom. The summed E-state index contributed by atoms with van der Waals surface area (Å²) in [6, 6.07) is 22.3. The zero-order valence-corrected chi connectivity index (χ0v) is 17.9. The zero-order valence-electron chi connectivity index (χ0n) is 17.9. The van der Waals surface area contributed by atoms with E-state index in [0.29, 0.717) is 6.54 Å². The van der Waals surface area contributed by atoms with Gasteiger partial charge in [0.1, 0.15) is 6.33 Å². The first-order chi connectivity index (χ1) is 15.7. The molecule has 6 nitrogen and oxygen atoms in total. The molecular formula is C26H25N5O. The van der Waals surface area contributed by atoms with Gasteiger partial charge in [-0.25, -0.2) is 4.98 Å². The number of benzene rings is 2. The summed E-state index contributed by atoms with van der Waals surface area (Å²) in [4.78, 5) is 19.6. The Morgan fingerprint density at radius 1 is 0.969 bits per heavy atom. The molecule has 6 heteroatoms. The van der Waals surface area contributed by atoms with Crippen LogP contribution in [0.4, 0.5) is 0 Å². The van der Waals surface area contributed by atoms with Crippen molar-refractivity contribution in [1.29, 1.82) is 5.26 Å². The Balaban J connectivity index is 1.32. The molecule has 0 amide bonds. The third-order valence-corrected chi connectivity index (χ3v) is 6.34. The highest BCUT2D eigenvalue weighted by Gasteiger charge is 2.18. The van der Waals surface area contributed by atoms with Crippen LogP contribution in [0.3, 0.4) is 0 Å². The lowest BCUT2D eigenvalue weighted by Crippen LogP contribution is -2.36. The number of rotatable bonds is 5. The normalized spacial score (nSPS) is 15.1. The maximum Gasteiger partial charge on any atom is 0.251 e. The van der Waals surface area contributed by atoms with Crippen LogP contribution in [0.2, 0.25) is 0 Å². The molecule has 1 fully saturated rings. The number of hydrogen-bond acceptors (Lipinski definition) is 4. The van der Waals surface area contributed by atoms with Crippen LogP contribution in [-0.2, 0) is 6.54 Å². The number of para-hydroxylation sites is 1. The minimum atomic E-state index is 0.00400. The second-order valence-corrected chi connectivity index (χ2v) is 8.35. The molecule has 0 unspecified atom stereocenters. The highest BCUT2D eigenvalue weighted by Crippen LogP contribution is 2.25. The number of imidazole rings is 1. The average Bonchev–Trinajstić information content (AvgIpc) is 3.27. The highest BCUT2D eigenvalue weighted by atomic mass is 16.1. The van der Waals surface area contributed by atoms with E-state index in [0.717, 1.165) is 60.3 Å². The Labute approximate surface area is 187 Å². The number of hydrogen-bond donors (Lipinski definition) is 0. The summed E-state index contributed by atoms with van der Waals surface area (Å²) in [5.41, 5.74) is 4.90. The fourth-order valence-electron chi connectivity index (χ4n) is 4.39. The quantitative estimate of drug-likeness (QED) is 0.485.